The predicted octanol–water partition coefficient (Wildman–Crippen LogP) is 6.00. The summed E-state index contributed by atoms with van der Waals surface area (Å²) < 4.78 is 12.2. The fourth-order valence-electron chi connectivity index (χ4n) is 9.46. The van der Waals surface area contributed by atoms with Crippen molar-refractivity contribution in [2.24, 2.45) is 46.3 Å². The highest BCUT2D eigenvalue weighted by Gasteiger charge is 2.62. The second-order valence-corrected chi connectivity index (χ2v) is 11.9. The molecule has 3 nitrogen and oxygen atoms in total. The Balaban J connectivity index is 1.33. The fraction of sp³-hybridized carbons (Fsp3) is 0.962. The summed E-state index contributed by atoms with van der Waals surface area (Å²) in [7, 11) is 0. The lowest BCUT2D eigenvalue weighted by atomic mass is 9.44. The van der Waals surface area contributed by atoms with Gasteiger partial charge in [0.2, 0.25) is 0 Å². The van der Waals surface area contributed by atoms with Crippen molar-refractivity contribution < 1.29 is 14.3 Å². The van der Waals surface area contributed by atoms with E-state index in [1.165, 1.54) is 44.9 Å². The van der Waals surface area contributed by atoms with Gasteiger partial charge in [0.05, 0.1) is 13.2 Å². The molecule has 1 spiro atoms. The highest BCUT2D eigenvalue weighted by atomic mass is 16.7. The van der Waals surface area contributed by atoms with Gasteiger partial charge >= 0.3 is 0 Å². The molecule has 5 fully saturated rings. The van der Waals surface area contributed by atoms with Gasteiger partial charge in [-0.15, -0.1) is 0 Å². The second-order valence-electron chi connectivity index (χ2n) is 11.9. The molecular weight excluding hydrogens is 360 g/mol. The molecule has 5 rings (SSSR count). The molecule has 8 atom stereocenters. The van der Waals surface area contributed by atoms with Crippen molar-refractivity contribution in [2.45, 2.75) is 97.2 Å². The van der Waals surface area contributed by atoms with Gasteiger partial charge in [-0.3, -0.25) is 0 Å². The van der Waals surface area contributed by atoms with E-state index in [2.05, 4.69) is 20.8 Å². The minimum Gasteiger partial charge on any atom is -0.348 e. The van der Waals surface area contributed by atoms with E-state index in [9.17, 15) is 4.79 Å². The zero-order valence-electron chi connectivity index (χ0n) is 19.0. The van der Waals surface area contributed by atoms with E-state index in [-0.39, 0.29) is 5.79 Å². The molecule has 164 valence electrons. The van der Waals surface area contributed by atoms with Crippen molar-refractivity contribution in [3.63, 3.8) is 0 Å². The minimum atomic E-state index is -0.230. The lowest BCUT2D eigenvalue weighted by Gasteiger charge is -2.62. The number of hydrogen-bond donors (Lipinski definition) is 0. The molecule has 29 heavy (non-hydrogen) atoms. The molecule has 1 saturated heterocycles. The van der Waals surface area contributed by atoms with Crippen molar-refractivity contribution in [3.8, 4) is 0 Å². The summed E-state index contributed by atoms with van der Waals surface area (Å²) in [6, 6.07) is 0. The summed E-state index contributed by atoms with van der Waals surface area (Å²) >= 11 is 0. The van der Waals surface area contributed by atoms with E-state index in [0.29, 0.717) is 16.7 Å². The predicted molar refractivity (Wildman–Crippen MR) is 114 cm³/mol. The Morgan fingerprint density at radius 3 is 2.45 bits per heavy atom. The zero-order valence-corrected chi connectivity index (χ0v) is 19.0. The molecule has 5 aliphatic rings. The van der Waals surface area contributed by atoms with Gasteiger partial charge in [0.15, 0.2) is 5.79 Å². The summed E-state index contributed by atoms with van der Waals surface area (Å²) in [6.07, 6.45) is 15.0. The van der Waals surface area contributed by atoms with E-state index < -0.39 is 0 Å². The summed E-state index contributed by atoms with van der Waals surface area (Å²) in [6.45, 7) is 9.28. The Morgan fingerprint density at radius 2 is 1.69 bits per heavy atom. The highest BCUT2D eigenvalue weighted by molar-refractivity contribution is 5.49. The first-order chi connectivity index (χ1) is 13.9. The SMILES string of the molecule is C[C@H](CCC=O)[C@H]1CC[C@H]2[C@@H]3CC[C@@H]4CC5(CC[C@]4(C)[C@H]3CC[C@]12C)OCCO5. The average molecular weight is 403 g/mol. The Hall–Kier alpha value is -0.410. The van der Waals surface area contributed by atoms with Crippen LogP contribution in [0.15, 0.2) is 0 Å². The van der Waals surface area contributed by atoms with Gasteiger partial charge in [0.25, 0.3) is 0 Å². The van der Waals surface area contributed by atoms with Crippen molar-refractivity contribution >= 4 is 6.29 Å². The van der Waals surface area contributed by atoms with Crippen LogP contribution in [-0.2, 0) is 14.3 Å². The van der Waals surface area contributed by atoms with Crippen LogP contribution in [0.3, 0.4) is 0 Å². The van der Waals surface area contributed by atoms with Gasteiger partial charge in [-0.25, -0.2) is 0 Å². The normalized spacial score (nSPS) is 49.3. The van der Waals surface area contributed by atoms with Gasteiger partial charge < -0.3 is 14.3 Å². The molecule has 4 saturated carbocycles. The van der Waals surface area contributed by atoms with Crippen molar-refractivity contribution in [1.82, 2.24) is 0 Å². The van der Waals surface area contributed by atoms with E-state index >= 15 is 0 Å². The molecule has 0 aromatic heterocycles. The van der Waals surface area contributed by atoms with Gasteiger partial charge in [0, 0.05) is 19.3 Å². The highest BCUT2D eigenvalue weighted by Crippen LogP contribution is 2.69. The van der Waals surface area contributed by atoms with Crippen molar-refractivity contribution in [3.05, 3.63) is 0 Å². The molecule has 0 bridgehead atoms. The Labute approximate surface area is 177 Å². The first-order valence-electron chi connectivity index (χ1n) is 12.6. The second kappa shape index (κ2) is 7.33. The number of aldehydes is 1. The van der Waals surface area contributed by atoms with Crippen molar-refractivity contribution in [2.75, 3.05) is 13.2 Å². The Morgan fingerprint density at radius 1 is 0.931 bits per heavy atom. The minimum absolute atomic E-state index is 0.230. The van der Waals surface area contributed by atoms with Crippen LogP contribution >= 0.6 is 0 Å². The van der Waals surface area contributed by atoms with E-state index in [1.54, 1.807) is 0 Å². The number of hydrogen-bond acceptors (Lipinski definition) is 3. The smallest absolute Gasteiger partial charge is 0.168 e. The molecule has 3 heteroatoms. The van der Waals surface area contributed by atoms with Gasteiger partial charge in [-0.2, -0.15) is 0 Å². The number of ether oxygens (including phenoxy) is 2. The molecule has 1 aliphatic heterocycles. The quantitative estimate of drug-likeness (QED) is 0.541. The monoisotopic (exact) mass is 402 g/mol. The molecule has 4 aliphatic carbocycles. The summed E-state index contributed by atoms with van der Waals surface area (Å²) in [5.41, 5.74) is 1.01. The fourth-order valence-corrected chi connectivity index (χ4v) is 9.46. The zero-order chi connectivity index (χ0) is 20.3. The average Bonchev–Trinajstić information content (AvgIpc) is 3.31. The summed E-state index contributed by atoms with van der Waals surface area (Å²) in [5, 5.41) is 0. The third-order valence-corrected chi connectivity index (χ3v) is 11.0. The first kappa shape index (κ1) is 20.5. The van der Waals surface area contributed by atoms with E-state index in [4.69, 9.17) is 9.47 Å². The lowest BCUT2D eigenvalue weighted by molar-refractivity contribution is -0.229. The maximum absolute atomic E-state index is 10.9. The van der Waals surface area contributed by atoms with E-state index in [1.807, 2.05) is 0 Å². The van der Waals surface area contributed by atoms with Crippen LogP contribution in [0.1, 0.15) is 91.4 Å². The van der Waals surface area contributed by atoms with Crippen LogP contribution in [0.4, 0.5) is 0 Å². The lowest BCUT2D eigenvalue weighted by Crippen LogP contribution is -2.56. The third-order valence-electron chi connectivity index (χ3n) is 11.0. The topological polar surface area (TPSA) is 35.5 Å². The number of carbonyl (C=O) groups is 1. The molecule has 0 unspecified atom stereocenters. The summed E-state index contributed by atoms with van der Waals surface area (Å²) in [5.74, 6) is 4.83. The molecule has 0 aromatic rings. The number of carbonyl (C=O) groups excluding carboxylic acids is 1. The van der Waals surface area contributed by atoms with Gasteiger partial charge in [-0.1, -0.05) is 20.8 Å². The molecule has 0 radical (unpaired) electrons. The maximum atomic E-state index is 10.9. The largest absolute Gasteiger partial charge is 0.348 e. The van der Waals surface area contributed by atoms with Gasteiger partial charge in [0.1, 0.15) is 6.29 Å². The first-order valence-corrected chi connectivity index (χ1v) is 12.6. The Kier molecular flexibility index (Phi) is 5.18. The van der Waals surface area contributed by atoms with Crippen LogP contribution in [0.2, 0.25) is 0 Å². The van der Waals surface area contributed by atoms with Crippen LogP contribution in [-0.4, -0.2) is 25.3 Å². The molecule has 1 heterocycles. The molecular formula is C26H42O3. The third kappa shape index (κ3) is 3.08. The number of rotatable bonds is 4. The van der Waals surface area contributed by atoms with Gasteiger partial charge in [-0.05, 0) is 97.7 Å². The standard InChI is InChI=1S/C26H42O3/c1-18(5-4-14-27)21-8-9-22-20-7-6-19-17-26(28-15-16-29-26)13-12-24(19,2)23(20)10-11-25(21,22)3/h14,18-23H,4-13,15-17H2,1-3H3/t18-,19-,20+,21-,22+,23+,24+,25-/m1/s1. The molecule has 0 aromatic carbocycles. The number of fused-ring (bicyclic) bond motifs is 5. The van der Waals surface area contributed by atoms with Crippen LogP contribution in [0.5, 0.6) is 0 Å². The maximum Gasteiger partial charge on any atom is 0.168 e. The van der Waals surface area contributed by atoms with Crippen LogP contribution < -0.4 is 0 Å². The van der Waals surface area contributed by atoms with Crippen LogP contribution in [0.25, 0.3) is 0 Å². The molecule has 0 N–H and O–H groups in total. The summed E-state index contributed by atoms with van der Waals surface area (Å²) in [4.78, 5) is 10.9. The van der Waals surface area contributed by atoms with Crippen molar-refractivity contribution in [1.29, 1.82) is 0 Å². The molecule has 0 amide bonds. The van der Waals surface area contributed by atoms with Crippen LogP contribution in [0, 0.1) is 46.3 Å². The Bertz CT molecular complexity index is 625. The van der Waals surface area contributed by atoms with E-state index in [0.717, 1.165) is 74.8 Å².